The molecular weight excluding hydrogens is 219 g/mol. The maximum atomic E-state index is 13.3. The molecule has 0 radical (unpaired) electrons. The van der Waals surface area contributed by atoms with Crippen LogP contribution in [0.3, 0.4) is 0 Å². The highest BCUT2D eigenvalue weighted by molar-refractivity contribution is 5.97. The Balaban J connectivity index is 2.17. The SMILES string of the molecule is O=C(Cc1ccc(O)cc1)c1ccccc1F. The molecule has 0 aliphatic carbocycles. The average molecular weight is 230 g/mol. The molecule has 0 amide bonds. The molecular formula is C14H11FO2. The average Bonchev–Trinajstić information content (AvgIpc) is 2.32. The van der Waals surface area contributed by atoms with E-state index in [1.807, 2.05) is 0 Å². The van der Waals surface area contributed by atoms with Crippen LogP contribution in [0.4, 0.5) is 4.39 Å². The van der Waals surface area contributed by atoms with Crippen molar-refractivity contribution in [2.75, 3.05) is 0 Å². The lowest BCUT2D eigenvalue weighted by molar-refractivity contribution is 0.0989. The van der Waals surface area contributed by atoms with Gasteiger partial charge < -0.3 is 5.11 Å². The molecule has 0 unspecified atom stereocenters. The molecule has 2 nitrogen and oxygen atoms in total. The Morgan fingerprint density at radius 3 is 2.35 bits per heavy atom. The fourth-order valence-electron chi connectivity index (χ4n) is 1.58. The topological polar surface area (TPSA) is 37.3 Å². The summed E-state index contributed by atoms with van der Waals surface area (Å²) in [5, 5.41) is 9.11. The minimum atomic E-state index is -0.503. The van der Waals surface area contributed by atoms with E-state index in [0.29, 0.717) is 0 Å². The molecule has 1 N–H and O–H groups in total. The van der Waals surface area contributed by atoms with Crippen LogP contribution in [0.1, 0.15) is 15.9 Å². The monoisotopic (exact) mass is 230 g/mol. The lowest BCUT2D eigenvalue weighted by Crippen LogP contribution is -2.05. The van der Waals surface area contributed by atoms with Crippen LogP contribution >= 0.6 is 0 Å². The van der Waals surface area contributed by atoms with E-state index in [1.165, 1.54) is 24.3 Å². The Labute approximate surface area is 98.3 Å². The van der Waals surface area contributed by atoms with Gasteiger partial charge in [0.15, 0.2) is 5.78 Å². The Kier molecular flexibility index (Phi) is 3.19. The van der Waals surface area contributed by atoms with Crippen molar-refractivity contribution in [1.82, 2.24) is 0 Å². The molecule has 17 heavy (non-hydrogen) atoms. The first kappa shape index (κ1) is 11.3. The van der Waals surface area contributed by atoms with Crippen molar-refractivity contribution >= 4 is 5.78 Å². The zero-order valence-corrected chi connectivity index (χ0v) is 9.06. The molecule has 0 saturated carbocycles. The summed E-state index contributed by atoms with van der Waals surface area (Å²) in [4.78, 5) is 11.8. The summed E-state index contributed by atoms with van der Waals surface area (Å²) in [6.07, 6.45) is 0.126. The summed E-state index contributed by atoms with van der Waals surface area (Å²) < 4.78 is 13.3. The van der Waals surface area contributed by atoms with E-state index in [9.17, 15) is 9.18 Å². The molecule has 2 aromatic rings. The van der Waals surface area contributed by atoms with Gasteiger partial charge in [-0.15, -0.1) is 0 Å². The molecule has 0 aromatic heterocycles. The van der Waals surface area contributed by atoms with E-state index in [4.69, 9.17) is 5.11 Å². The highest BCUT2D eigenvalue weighted by Gasteiger charge is 2.11. The highest BCUT2D eigenvalue weighted by atomic mass is 19.1. The quantitative estimate of drug-likeness (QED) is 0.823. The molecule has 0 heterocycles. The summed E-state index contributed by atoms with van der Waals surface area (Å²) in [6, 6.07) is 12.2. The van der Waals surface area contributed by atoms with Crippen LogP contribution < -0.4 is 0 Å². The molecule has 3 heteroatoms. The van der Waals surface area contributed by atoms with E-state index < -0.39 is 5.82 Å². The number of halogens is 1. The number of phenols is 1. The predicted octanol–water partition coefficient (Wildman–Crippen LogP) is 2.96. The fourth-order valence-corrected chi connectivity index (χ4v) is 1.58. The molecule has 0 fully saturated rings. The van der Waals surface area contributed by atoms with Crippen LogP contribution in [-0.2, 0) is 6.42 Å². The van der Waals surface area contributed by atoms with Gasteiger partial charge in [0.2, 0.25) is 0 Å². The van der Waals surface area contributed by atoms with Crippen molar-refractivity contribution < 1.29 is 14.3 Å². The minimum absolute atomic E-state index is 0.0978. The first-order valence-electron chi connectivity index (χ1n) is 5.22. The standard InChI is InChI=1S/C14H11FO2/c15-13-4-2-1-3-12(13)14(17)9-10-5-7-11(16)8-6-10/h1-8,16H,9H2. The lowest BCUT2D eigenvalue weighted by atomic mass is 10.0. The third kappa shape index (κ3) is 2.69. The third-order valence-electron chi connectivity index (χ3n) is 2.48. The summed E-state index contributed by atoms with van der Waals surface area (Å²) in [7, 11) is 0. The van der Waals surface area contributed by atoms with E-state index in [1.54, 1.807) is 24.3 Å². The van der Waals surface area contributed by atoms with E-state index in [2.05, 4.69) is 0 Å². The molecule has 0 spiro atoms. The predicted molar refractivity (Wildman–Crippen MR) is 62.5 cm³/mol. The number of aromatic hydroxyl groups is 1. The molecule has 0 atom stereocenters. The zero-order chi connectivity index (χ0) is 12.3. The van der Waals surface area contributed by atoms with Crippen molar-refractivity contribution in [1.29, 1.82) is 0 Å². The number of phenolic OH excluding ortho intramolecular Hbond substituents is 1. The Morgan fingerprint density at radius 1 is 1.06 bits per heavy atom. The summed E-state index contributed by atoms with van der Waals surface area (Å²) in [6.45, 7) is 0. The number of Topliss-reactive ketones (excluding diaryl/α,β-unsaturated/α-hetero) is 1. The van der Waals surface area contributed by atoms with Crippen LogP contribution in [0.15, 0.2) is 48.5 Å². The Hall–Kier alpha value is -2.16. The highest BCUT2D eigenvalue weighted by Crippen LogP contribution is 2.14. The zero-order valence-electron chi connectivity index (χ0n) is 9.06. The normalized spacial score (nSPS) is 10.2. The van der Waals surface area contributed by atoms with Gasteiger partial charge in [0.05, 0.1) is 5.56 Å². The van der Waals surface area contributed by atoms with E-state index in [0.717, 1.165) is 5.56 Å². The first-order valence-corrected chi connectivity index (χ1v) is 5.22. The molecule has 0 aliphatic rings. The van der Waals surface area contributed by atoms with Gasteiger partial charge in [0.25, 0.3) is 0 Å². The van der Waals surface area contributed by atoms with Gasteiger partial charge in [0, 0.05) is 6.42 Å². The van der Waals surface area contributed by atoms with Crippen LogP contribution in [0.5, 0.6) is 5.75 Å². The van der Waals surface area contributed by atoms with Gasteiger partial charge in [-0.2, -0.15) is 0 Å². The minimum Gasteiger partial charge on any atom is -0.508 e. The maximum absolute atomic E-state index is 13.3. The van der Waals surface area contributed by atoms with Crippen LogP contribution in [0.2, 0.25) is 0 Å². The number of ketones is 1. The first-order chi connectivity index (χ1) is 8.16. The van der Waals surface area contributed by atoms with E-state index in [-0.39, 0.29) is 23.5 Å². The number of hydrogen-bond donors (Lipinski definition) is 1. The summed E-state index contributed by atoms with van der Waals surface area (Å²) in [5.74, 6) is -0.628. The van der Waals surface area contributed by atoms with Crippen LogP contribution in [0.25, 0.3) is 0 Å². The van der Waals surface area contributed by atoms with Gasteiger partial charge in [-0.3, -0.25) is 4.79 Å². The number of carbonyl (C=O) groups excluding carboxylic acids is 1. The molecule has 0 saturated heterocycles. The van der Waals surface area contributed by atoms with Crippen molar-refractivity contribution in [3.8, 4) is 5.75 Å². The summed E-state index contributed by atoms with van der Waals surface area (Å²) in [5.41, 5.74) is 0.844. The number of carbonyl (C=O) groups is 1. The van der Waals surface area contributed by atoms with Crippen LogP contribution in [0, 0.1) is 5.82 Å². The molecule has 86 valence electrons. The maximum Gasteiger partial charge on any atom is 0.170 e. The Morgan fingerprint density at radius 2 is 1.71 bits per heavy atom. The molecule has 2 rings (SSSR count). The largest absolute Gasteiger partial charge is 0.508 e. The third-order valence-corrected chi connectivity index (χ3v) is 2.48. The van der Waals surface area contributed by atoms with Crippen molar-refractivity contribution in [3.63, 3.8) is 0 Å². The smallest absolute Gasteiger partial charge is 0.170 e. The number of benzene rings is 2. The number of hydrogen-bond acceptors (Lipinski definition) is 2. The van der Waals surface area contributed by atoms with Gasteiger partial charge in [-0.25, -0.2) is 4.39 Å². The van der Waals surface area contributed by atoms with Crippen molar-refractivity contribution in [3.05, 3.63) is 65.5 Å². The van der Waals surface area contributed by atoms with Gasteiger partial charge in [-0.1, -0.05) is 24.3 Å². The molecule has 2 aromatic carbocycles. The molecule has 0 bridgehead atoms. The van der Waals surface area contributed by atoms with Gasteiger partial charge >= 0.3 is 0 Å². The number of rotatable bonds is 3. The van der Waals surface area contributed by atoms with Crippen molar-refractivity contribution in [2.24, 2.45) is 0 Å². The van der Waals surface area contributed by atoms with Crippen LogP contribution in [-0.4, -0.2) is 10.9 Å². The Bertz CT molecular complexity index is 532. The lowest BCUT2D eigenvalue weighted by Gasteiger charge is -2.03. The van der Waals surface area contributed by atoms with E-state index >= 15 is 0 Å². The summed E-state index contributed by atoms with van der Waals surface area (Å²) >= 11 is 0. The van der Waals surface area contributed by atoms with Gasteiger partial charge in [0.1, 0.15) is 11.6 Å². The second-order valence-electron chi connectivity index (χ2n) is 3.75. The van der Waals surface area contributed by atoms with Gasteiger partial charge in [-0.05, 0) is 29.8 Å². The second kappa shape index (κ2) is 4.78. The molecule has 0 aliphatic heterocycles. The fraction of sp³-hybridized carbons (Fsp3) is 0.0714. The van der Waals surface area contributed by atoms with Crippen molar-refractivity contribution in [2.45, 2.75) is 6.42 Å². The second-order valence-corrected chi connectivity index (χ2v) is 3.75.